The Hall–Kier alpha value is -2.16. The van der Waals surface area contributed by atoms with E-state index < -0.39 is 46.1 Å². The van der Waals surface area contributed by atoms with E-state index in [0.717, 1.165) is 9.80 Å². The predicted octanol–water partition coefficient (Wildman–Crippen LogP) is -0.184. The summed E-state index contributed by atoms with van der Waals surface area (Å²) in [7, 11) is -4.86. The highest BCUT2D eigenvalue weighted by Gasteiger charge is 2.49. The quantitative estimate of drug-likeness (QED) is 0.285. The number of carboxylic acid groups (broad SMARTS) is 1. The third-order valence-electron chi connectivity index (χ3n) is 4.43. The molecule has 4 amide bonds. The van der Waals surface area contributed by atoms with E-state index in [2.05, 4.69) is 9.76 Å². The van der Waals surface area contributed by atoms with Crippen LogP contribution in [-0.2, 0) is 24.3 Å². The Labute approximate surface area is 162 Å². The SMILES string of the molecule is CC(C)(C)N(CCONC(=O)[C@@H]1CC[C@@H]2CN1C(=O)N2OS(=O)(=O)O)C(=O)O. The number of piperidine rings is 1. The summed E-state index contributed by atoms with van der Waals surface area (Å²) >= 11 is 0. The molecule has 0 aliphatic carbocycles. The number of nitrogens with zero attached hydrogens (tertiary/aromatic N) is 3. The number of hydroxylamine groups is 3. The van der Waals surface area contributed by atoms with Gasteiger partial charge in [0, 0.05) is 12.1 Å². The van der Waals surface area contributed by atoms with Crippen LogP contribution in [0.1, 0.15) is 33.6 Å². The number of amides is 4. The molecular formula is C14H24N4O9S. The molecular weight excluding hydrogens is 400 g/mol. The van der Waals surface area contributed by atoms with Crippen molar-refractivity contribution in [3.8, 4) is 0 Å². The second-order valence-corrected chi connectivity index (χ2v) is 8.43. The van der Waals surface area contributed by atoms with Crippen LogP contribution in [0, 0.1) is 0 Å². The molecule has 2 rings (SSSR count). The third-order valence-corrected chi connectivity index (χ3v) is 4.78. The summed E-state index contributed by atoms with van der Waals surface area (Å²) in [6.07, 6.45) is -0.602. The Morgan fingerprint density at radius 2 is 1.96 bits per heavy atom. The van der Waals surface area contributed by atoms with Crippen LogP contribution in [0.15, 0.2) is 0 Å². The van der Waals surface area contributed by atoms with Gasteiger partial charge in [-0.2, -0.15) is 13.5 Å². The summed E-state index contributed by atoms with van der Waals surface area (Å²) in [6, 6.07) is -2.36. The van der Waals surface area contributed by atoms with Crippen molar-refractivity contribution in [2.75, 3.05) is 19.7 Å². The Morgan fingerprint density at radius 3 is 2.50 bits per heavy atom. The lowest BCUT2D eigenvalue weighted by atomic mass is 10.0. The Balaban J connectivity index is 1.87. The van der Waals surface area contributed by atoms with E-state index in [0.29, 0.717) is 5.06 Å². The minimum Gasteiger partial charge on any atom is -0.465 e. The molecule has 3 N–H and O–H groups in total. The topological polar surface area (TPSA) is 166 Å². The molecule has 0 aromatic rings. The van der Waals surface area contributed by atoms with Crippen LogP contribution >= 0.6 is 0 Å². The highest BCUT2D eigenvalue weighted by molar-refractivity contribution is 7.80. The number of carbonyl (C=O) groups excluding carboxylic acids is 2. The number of rotatable bonds is 7. The van der Waals surface area contributed by atoms with E-state index >= 15 is 0 Å². The maximum absolute atomic E-state index is 12.3. The van der Waals surface area contributed by atoms with Gasteiger partial charge in [0.25, 0.3) is 5.91 Å². The molecule has 28 heavy (non-hydrogen) atoms. The molecule has 2 heterocycles. The number of hydrogen-bond acceptors (Lipinski definition) is 7. The lowest BCUT2D eigenvalue weighted by Gasteiger charge is -2.33. The lowest BCUT2D eigenvalue weighted by molar-refractivity contribution is -0.139. The molecule has 0 spiro atoms. The van der Waals surface area contributed by atoms with Crippen LogP contribution in [0.2, 0.25) is 0 Å². The van der Waals surface area contributed by atoms with Gasteiger partial charge >= 0.3 is 22.5 Å². The fraction of sp³-hybridized carbons (Fsp3) is 0.786. The fourth-order valence-electron chi connectivity index (χ4n) is 3.15. The summed E-state index contributed by atoms with van der Waals surface area (Å²) in [5.41, 5.74) is 1.54. The lowest BCUT2D eigenvalue weighted by Crippen LogP contribution is -2.50. The van der Waals surface area contributed by atoms with Crippen molar-refractivity contribution in [1.82, 2.24) is 20.3 Å². The van der Waals surface area contributed by atoms with Crippen molar-refractivity contribution in [1.29, 1.82) is 0 Å². The van der Waals surface area contributed by atoms with Gasteiger partial charge in [0.1, 0.15) is 6.04 Å². The van der Waals surface area contributed by atoms with Gasteiger partial charge in [0.05, 0.1) is 19.2 Å². The smallest absolute Gasteiger partial charge is 0.418 e. The molecule has 2 atom stereocenters. The average molecular weight is 424 g/mol. The van der Waals surface area contributed by atoms with Gasteiger partial charge in [0.15, 0.2) is 0 Å². The fourth-order valence-corrected chi connectivity index (χ4v) is 3.54. The molecule has 14 heteroatoms. The highest BCUT2D eigenvalue weighted by Crippen LogP contribution is 2.30. The van der Waals surface area contributed by atoms with E-state index in [1.807, 2.05) is 0 Å². The normalized spacial score (nSPS) is 22.4. The highest BCUT2D eigenvalue weighted by atomic mass is 32.3. The second kappa shape index (κ2) is 8.06. The van der Waals surface area contributed by atoms with E-state index in [1.54, 1.807) is 20.8 Å². The first kappa shape index (κ1) is 22.1. The Morgan fingerprint density at radius 1 is 1.32 bits per heavy atom. The summed E-state index contributed by atoms with van der Waals surface area (Å²) < 4.78 is 34.8. The molecule has 2 saturated heterocycles. The minimum atomic E-state index is -4.86. The van der Waals surface area contributed by atoms with Gasteiger partial charge in [-0.25, -0.2) is 15.1 Å². The van der Waals surface area contributed by atoms with Gasteiger partial charge in [-0.1, -0.05) is 0 Å². The zero-order valence-corrected chi connectivity index (χ0v) is 16.5. The maximum Gasteiger partial charge on any atom is 0.418 e. The first-order valence-electron chi connectivity index (χ1n) is 8.50. The third kappa shape index (κ3) is 5.21. The second-order valence-electron chi connectivity index (χ2n) is 7.43. The Kier molecular flexibility index (Phi) is 6.37. The van der Waals surface area contributed by atoms with Crippen molar-refractivity contribution >= 4 is 28.4 Å². The summed E-state index contributed by atoms with van der Waals surface area (Å²) in [5, 5.41) is 9.73. The summed E-state index contributed by atoms with van der Waals surface area (Å²) in [4.78, 5) is 43.1. The van der Waals surface area contributed by atoms with Gasteiger partial charge < -0.3 is 14.9 Å². The zero-order valence-electron chi connectivity index (χ0n) is 15.7. The van der Waals surface area contributed by atoms with Crippen molar-refractivity contribution < 1.29 is 41.6 Å². The van der Waals surface area contributed by atoms with Crippen molar-refractivity contribution in [2.24, 2.45) is 0 Å². The molecule has 2 aliphatic heterocycles. The van der Waals surface area contributed by atoms with Crippen LogP contribution in [-0.4, -0.2) is 88.3 Å². The van der Waals surface area contributed by atoms with Crippen molar-refractivity contribution in [2.45, 2.75) is 51.2 Å². The summed E-state index contributed by atoms with van der Waals surface area (Å²) in [5.74, 6) is -0.627. The van der Waals surface area contributed by atoms with Gasteiger partial charge in [-0.15, -0.1) is 4.28 Å². The van der Waals surface area contributed by atoms with Crippen molar-refractivity contribution in [3.63, 3.8) is 0 Å². The van der Waals surface area contributed by atoms with Gasteiger partial charge in [-0.3, -0.25) is 14.2 Å². The molecule has 160 valence electrons. The number of nitrogens with one attached hydrogen (secondary N) is 1. The van der Waals surface area contributed by atoms with Gasteiger partial charge in [-0.05, 0) is 33.6 Å². The van der Waals surface area contributed by atoms with Crippen LogP contribution in [0.4, 0.5) is 9.59 Å². The van der Waals surface area contributed by atoms with Crippen molar-refractivity contribution in [3.05, 3.63) is 0 Å². The average Bonchev–Trinajstić information content (AvgIpc) is 2.76. The molecule has 0 unspecified atom stereocenters. The number of carbonyl (C=O) groups is 3. The Bertz CT molecular complexity index is 736. The van der Waals surface area contributed by atoms with E-state index in [9.17, 15) is 27.9 Å². The molecule has 0 aromatic carbocycles. The monoisotopic (exact) mass is 424 g/mol. The summed E-state index contributed by atoms with van der Waals surface area (Å²) in [6.45, 7) is 5.14. The van der Waals surface area contributed by atoms with Crippen LogP contribution in [0.5, 0.6) is 0 Å². The van der Waals surface area contributed by atoms with Gasteiger partial charge in [0.2, 0.25) is 0 Å². The predicted molar refractivity (Wildman–Crippen MR) is 92.0 cm³/mol. The first-order valence-corrected chi connectivity index (χ1v) is 9.87. The molecule has 2 bridgehead atoms. The number of urea groups is 1. The maximum atomic E-state index is 12.3. The molecule has 2 fully saturated rings. The largest absolute Gasteiger partial charge is 0.465 e. The van der Waals surface area contributed by atoms with Crippen LogP contribution in [0.3, 0.4) is 0 Å². The molecule has 0 saturated carbocycles. The van der Waals surface area contributed by atoms with Crippen LogP contribution < -0.4 is 5.48 Å². The minimum absolute atomic E-state index is 0.0183. The number of hydrogen-bond donors (Lipinski definition) is 3. The van der Waals surface area contributed by atoms with Crippen LogP contribution in [0.25, 0.3) is 0 Å². The molecule has 0 aromatic heterocycles. The molecule has 13 nitrogen and oxygen atoms in total. The molecule has 2 aliphatic rings. The first-order chi connectivity index (χ1) is 12.8. The standard InChI is InChI=1S/C14H24N4O9S/c1-14(2,3)17(13(21)22)6-7-26-15-11(19)10-5-4-9-8-16(10)12(20)18(9)27-28(23,24)25/h9-10H,4-8H2,1-3H3,(H,15,19)(H,21,22)(H,23,24,25)/t9-,10+/m1/s1. The zero-order chi connectivity index (χ0) is 21.3. The molecule has 0 radical (unpaired) electrons. The van der Waals surface area contributed by atoms with E-state index in [-0.39, 0.29) is 32.5 Å². The number of fused-ring (bicyclic) bond motifs is 2. The van der Waals surface area contributed by atoms with E-state index in [4.69, 9.17) is 9.39 Å². The van der Waals surface area contributed by atoms with E-state index in [1.165, 1.54) is 0 Å².